The van der Waals surface area contributed by atoms with Gasteiger partial charge in [0.05, 0.1) is 31.6 Å². The maximum absolute atomic E-state index is 14.2. The highest BCUT2D eigenvalue weighted by molar-refractivity contribution is 7.90. The summed E-state index contributed by atoms with van der Waals surface area (Å²) in [6.07, 6.45) is 12.3. The fraction of sp³-hybridized carbons (Fsp3) is 0.512. The Kier molecular flexibility index (Phi) is 9.44. The second-order valence-corrected chi connectivity index (χ2v) is 21.0. The number of rotatable bonds is 8. The van der Waals surface area contributed by atoms with Crippen LogP contribution in [-0.2, 0) is 90.9 Å². The third-order valence-corrected chi connectivity index (χ3v) is 16.3. The van der Waals surface area contributed by atoms with Gasteiger partial charge in [0.1, 0.15) is 0 Å². The molecule has 10 rings (SSSR count). The number of halogens is 1. The molecule has 4 aliphatic carbocycles. The van der Waals surface area contributed by atoms with E-state index < -0.39 is 37.5 Å². The number of fused-ring (bicyclic) bond motifs is 6. The zero-order valence-electron chi connectivity index (χ0n) is 33.6. The van der Waals surface area contributed by atoms with Crippen LogP contribution in [0.1, 0.15) is 94.8 Å². The van der Waals surface area contributed by atoms with Crippen LogP contribution in [0.25, 0.3) is 0 Å². The highest BCUT2D eigenvalue weighted by atomic mass is 35.5. The van der Waals surface area contributed by atoms with E-state index >= 15 is 0 Å². The van der Waals surface area contributed by atoms with Crippen molar-refractivity contribution in [1.29, 1.82) is 0 Å². The van der Waals surface area contributed by atoms with Gasteiger partial charge in [0, 0.05) is 41.2 Å². The van der Waals surface area contributed by atoms with Gasteiger partial charge in [-0.25, -0.2) is 45.2 Å². The molecule has 318 valence electrons. The number of nitrogens with zero attached hydrogens (tertiary/aromatic N) is 4. The van der Waals surface area contributed by atoms with E-state index in [1.807, 2.05) is 6.92 Å². The molecular weight excluding hydrogens is 832 g/mol. The van der Waals surface area contributed by atoms with Gasteiger partial charge in [-0.3, -0.25) is 0 Å². The van der Waals surface area contributed by atoms with Gasteiger partial charge in [-0.05, 0) is 134 Å². The molecule has 0 radical (unpaired) electrons. The predicted octanol–water partition coefficient (Wildman–Crippen LogP) is 5.44. The van der Waals surface area contributed by atoms with Gasteiger partial charge in [0.25, 0.3) is 20.0 Å². The number of nitrogens with one attached hydrogen (secondary N) is 4. The van der Waals surface area contributed by atoms with Crippen LogP contribution in [0.5, 0.6) is 11.8 Å². The zero-order valence-corrected chi connectivity index (χ0v) is 35.9. The van der Waals surface area contributed by atoms with Crippen molar-refractivity contribution in [3.8, 4) is 11.8 Å². The molecule has 16 nitrogen and oxygen atoms in total. The van der Waals surface area contributed by atoms with Crippen molar-refractivity contribution in [2.75, 3.05) is 23.8 Å². The number of aromatic nitrogens is 4. The summed E-state index contributed by atoms with van der Waals surface area (Å²) in [7, 11) is -8.94. The maximum atomic E-state index is 14.2. The number of sulfonamides is 2. The topological polar surface area (TPSA) is 205 Å². The Morgan fingerprint density at radius 3 is 1.87 bits per heavy atom. The number of benzene rings is 2. The number of ether oxygens (including phenoxy) is 2. The Balaban J connectivity index is 0.869. The Bertz CT molecular complexity index is 2690. The lowest BCUT2D eigenvalue weighted by Gasteiger charge is -2.33. The van der Waals surface area contributed by atoms with Crippen LogP contribution >= 0.6 is 11.6 Å². The van der Waals surface area contributed by atoms with Crippen LogP contribution in [0.2, 0.25) is 5.02 Å². The molecular formula is C41H47ClN8O8S2. The standard InChI is InChI=1S/C41H47ClN8O8S2/c1-22-23-8-3-12-27(23)34(28-13-4-9-24(22)28)44-40(52)48-60(55,56)36-31(46-49-16-7-17-57-38(36)49)18-41(2)20-50-37(58-21-41)32(19-43-50)59(53,54)47-39(51)45-35-29-14-5-10-25(29)33(42)26-11-6-15-30(26)35/h19H,3-18,20-21H2,1-2H3,(H2,44,48,52)(H2,45,47,51). The number of hydrogen-bond donors (Lipinski definition) is 4. The van der Waals surface area contributed by atoms with E-state index in [2.05, 4.69) is 37.2 Å². The van der Waals surface area contributed by atoms with Crippen LogP contribution in [0.4, 0.5) is 21.0 Å². The third kappa shape index (κ3) is 6.51. The van der Waals surface area contributed by atoms with Crippen LogP contribution < -0.4 is 29.6 Å². The van der Waals surface area contributed by atoms with Crippen LogP contribution in [0.3, 0.4) is 0 Å². The lowest BCUT2D eigenvalue weighted by atomic mass is 9.85. The second kappa shape index (κ2) is 14.4. The van der Waals surface area contributed by atoms with Crippen molar-refractivity contribution < 1.29 is 35.9 Å². The Morgan fingerprint density at radius 1 is 0.733 bits per heavy atom. The first-order valence-corrected chi connectivity index (χ1v) is 24.2. The normalized spacial score (nSPS) is 19.9. The molecule has 4 heterocycles. The minimum absolute atomic E-state index is 0.0312. The summed E-state index contributed by atoms with van der Waals surface area (Å²) in [6, 6.07) is -1.75. The molecule has 2 aromatic carbocycles. The fourth-order valence-electron chi connectivity index (χ4n) is 10.5. The van der Waals surface area contributed by atoms with Gasteiger partial charge in [0.2, 0.25) is 11.8 Å². The zero-order chi connectivity index (χ0) is 41.7. The van der Waals surface area contributed by atoms with Gasteiger partial charge in [-0.1, -0.05) is 18.5 Å². The number of hydrogen-bond acceptors (Lipinski definition) is 10. The highest BCUT2D eigenvalue weighted by Crippen LogP contribution is 2.45. The molecule has 19 heteroatoms. The van der Waals surface area contributed by atoms with Crippen molar-refractivity contribution in [2.24, 2.45) is 5.41 Å². The summed E-state index contributed by atoms with van der Waals surface area (Å²) in [4.78, 5) is 26.4. The SMILES string of the molecule is Cc1c2c(c(NC(=O)NS(=O)(=O)c3c(CC4(C)COc5c(S(=O)(=O)NC(=O)Nc6c7c(c(Cl)c8c6CCC8)CCC7)cnn5C4)nn4c3OCCC4)c3c1CCC3)CCC2. The molecule has 4 aromatic rings. The Hall–Kier alpha value is -4.81. The van der Waals surface area contributed by atoms with E-state index in [0.29, 0.717) is 18.7 Å². The average molecular weight is 879 g/mol. The summed E-state index contributed by atoms with van der Waals surface area (Å²) < 4.78 is 75.1. The minimum Gasteiger partial charge on any atom is -0.477 e. The summed E-state index contributed by atoms with van der Waals surface area (Å²) in [6.45, 7) is 4.81. The molecule has 0 saturated carbocycles. The molecule has 2 aliphatic heterocycles. The van der Waals surface area contributed by atoms with Crippen molar-refractivity contribution >= 4 is 55.1 Å². The maximum Gasteiger partial charge on any atom is 0.333 e. The van der Waals surface area contributed by atoms with E-state index in [0.717, 1.165) is 127 Å². The van der Waals surface area contributed by atoms with Gasteiger partial charge >= 0.3 is 12.1 Å². The second-order valence-electron chi connectivity index (χ2n) is 17.3. The highest BCUT2D eigenvalue weighted by Gasteiger charge is 2.42. The summed E-state index contributed by atoms with van der Waals surface area (Å²) in [5.41, 5.74) is 10.7. The molecule has 1 atom stereocenters. The molecule has 0 saturated heterocycles. The largest absolute Gasteiger partial charge is 0.477 e. The van der Waals surface area contributed by atoms with Crippen molar-refractivity contribution in [3.05, 3.63) is 67.0 Å². The number of aryl methyl sites for hydroxylation is 1. The molecule has 1 unspecified atom stereocenters. The smallest absolute Gasteiger partial charge is 0.333 e. The number of carbonyl (C=O) groups excluding carboxylic acids is 2. The van der Waals surface area contributed by atoms with E-state index in [4.69, 9.17) is 21.1 Å². The molecule has 6 aliphatic rings. The lowest BCUT2D eigenvalue weighted by Crippen LogP contribution is -2.40. The van der Waals surface area contributed by atoms with Gasteiger partial charge in [-0.15, -0.1) is 0 Å². The van der Waals surface area contributed by atoms with E-state index in [-0.39, 0.29) is 53.4 Å². The van der Waals surface area contributed by atoms with Crippen LogP contribution in [-0.4, -0.2) is 61.7 Å². The van der Waals surface area contributed by atoms with Gasteiger partial charge in [0.15, 0.2) is 9.79 Å². The first-order valence-electron chi connectivity index (χ1n) is 20.8. The number of amides is 4. The first kappa shape index (κ1) is 39.3. The minimum atomic E-state index is -4.51. The third-order valence-electron chi connectivity index (χ3n) is 13.1. The molecule has 60 heavy (non-hydrogen) atoms. The molecule has 4 amide bonds. The summed E-state index contributed by atoms with van der Waals surface area (Å²) >= 11 is 6.74. The van der Waals surface area contributed by atoms with Gasteiger partial charge < -0.3 is 20.1 Å². The fourth-order valence-corrected chi connectivity index (χ4v) is 13.2. The van der Waals surface area contributed by atoms with Crippen molar-refractivity contribution in [2.45, 2.75) is 127 Å². The predicted molar refractivity (Wildman–Crippen MR) is 221 cm³/mol. The Labute approximate surface area is 353 Å². The van der Waals surface area contributed by atoms with Crippen molar-refractivity contribution in [3.63, 3.8) is 0 Å². The average Bonchev–Trinajstić information content (AvgIpc) is 4.05. The van der Waals surface area contributed by atoms with E-state index in [9.17, 15) is 26.4 Å². The molecule has 0 spiro atoms. The van der Waals surface area contributed by atoms with Gasteiger partial charge in [-0.2, -0.15) is 10.2 Å². The Morgan fingerprint density at radius 2 is 1.27 bits per heavy atom. The van der Waals surface area contributed by atoms with Crippen molar-refractivity contribution in [1.82, 2.24) is 29.0 Å². The number of carbonyl (C=O) groups is 2. The molecule has 2 aromatic heterocycles. The molecule has 0 bridgehead atoms. The quantitative estimate of drug-likeness (QED) is 0.176. The summed E-state index contributed by atoms with van der Waals surface area (Å²) in [5, 5.41) is 15.5. The summed E-state index contributed by atoms with van der Waals surface area (Å²) in [5.74, 6) is 0.00814. The molecule has 4 N–H and O–H groups in total. The number of urea groups is 2. The first-order chi connectivity index (χ1) is 28.7. The molecule has 0 fully saturated rings. The van der Waals surface area contributed by atoms with E-state index in [1.54, 1.807) is 0 Å². The lowest BCUT2D eigenvalue weighted by molar-refractivity contribution is 0.0802. The van der Waals surface area contributed by atoms with Crippen LogP contribution in [0.15, 0.2) is 16.0 Å². The van der Waals surface area contributed by atoms with Crippen LogP contribution in [0, 0.1) is 12.3 Å². The monoisotopic (exact) mass is 878 g/mol. The van der Waals surface area contributed by atoms with E-state index in [1.165, 1.54) is 26.1 Å². The number of anilines is 2.